The van der Waals surface area contributed by atoms with Gasteiger partial charge >= 0.3 is 8.60 Å². The Labute approximate surface area is 60.1 Å². The molecule has 0 aromatic heterocycles. The van der Waals surface area contributed by atoms with Crippen LogP contribution in [0, 0.1) is 5.41 Å². The van der Waals surface area contributed by atoms with Crippen LogP contribution in [0.4, 0.5) is 0 Å². The van der Waals surface area contributed by atoms with Gasteiger partial charge < -0.3 is 18.7 Å². The fourth-order valence-electron chi connectivity index (χ4n) is 0.943. The van der Waals surface area contributed by atoms with E-state index in [0.717, 1.165) is 0 Å². The zero-order valence-corrected chi connectivity index (χ0v) is 6.34. The van der Waals surface area contributed by atoms with Crippen LogP contribution in [0.2, 0.25) is 0 Å². The summed E-state index contributed by atoms with van der Waals surface area (Å²) in [6, 6.07) is 0. The lowest BCUT2D eigenvalue weighted by atomic mass is 9.93. The molecule has 10 heavy (non-hydrogen) atoms. The standard InChI is InChI=1S/C5H9O4P/c6-1-5-2-7-10(8-3-5)9-4-5/h6H,1-4H2. The first-order valence-corrected chi connectivity index (χ1v) is 4.24. The molecule has 3 saturated heterocycles. The van der Waals surface area contributed by atoms with Gasteiger partial charge in [0.25, 0.3) is 0 Å². The summed E-state index contributed by atoms with van der Waals surface area (Å²) in [5.74, 6) is 0. The van der Waals surface area contributed by atoms with Crippen LogP contribution in [-0.4, -0.2) is 31.5 Å². The van der Waals surface area contributed by atoms with Gasteiger partial charge in [0, 0.05) is 0 Å². The lowest BCUT2D eigenvalue weighted by Crippen LogP contribution is -2.46. The zero-order chi connectivity index (χ0) is 7.03. The first-order chi connectivity index (χ1) is 4.85. The van der Waals surface area contributed by atoms with Gasteiger partial charge in [-0.05, 0) is 0 Å². The summed E-state index contributed by atoms with van der Waals surface area (Å²) in [7, 11) is -1.05. The minimum absolute atomic E-state index is 0.0795. The Kier molecular flexibility index (Phi) is 1.66. The van der Waals surface area contributed by atoms with Gasteiger partial charge in [0.2, 0.25) is 0 Å². The number of fused-ring (bicyclic) bond motifs is 3. The molecule has 0 atom stereocenters. The average molecular weight is 164 g/mol. The van der Waals surface area contributed by atoms with Gasteiger partial charge in [-0.1, -0.05) is 0 Å². The fourth-order valence-corrected chi connectivity index (χ4v) is 2.30. The van der Waals surface area contributed by atoms with Gasteiger partial charge in [0.15, 0.2) is 0 Å². The van der Waals surface area contributed by atoms with Gasteiger partial charge in [0.05, 0.1) is 31.8 Å². The molecule has 58 valence electrons. The SMILES string of the molecule is OCC12COP(OC1)OC2. The van der Waals surface area contributed by atoms with Crippen molar-refractivity contribution in [2.75, 3.05) is 26.4 Å². The molecule has 3 rings (SSSR count). The van der Waals surface area contributed by atoms with Crippen LogP contribution < -0.4 is 0 Å². The topological polar surface area (TPSA) is 47.9 Å². The summed E-state index contributed by atoms with van der Waals surface area (Å²) < 4.78 is 15.4. The Hall–Kier alpha value is 0.270. The van der Waals surface area contributed by atoms with Gasteiger partial charge in [-0.15, -0.1) is 0 Å². The molecular formula is C5H9O4P. The third-order valence-corrected chi connectivity index (χ3v) is 2.78. The molecule has 3 fully saturated rings. The smallest absolute Gasteiger partial charge is 0.332 e. The minimum Gasteiger partial charge on any atom is -0.396 e. The molecule has 3 aliphatic heterocycles. The second kappa shape index (κ2) is 2.40. The van der Waals surface area contributed by atoms with E-state index in [1.165, 1.54) is 0 Å². The van der Waals surface area contributed by atoms with E-state index < -0.39 is 8.60 Å². The van der Waals surface area contributed by atoms with Crippen molar-refractivity contribution in [1.29, 1.82) is 0 Å². The van der Waals surface area contributed by atoms with Gasteiger partial charge in [-0.25, -0.2) is 0 Å². The largest absolute Gasteiger partial charge is 0.396 e. The van der Waals surface area contributed by atoms with Crippen molar-refractivity contribution in [2.24, 2.45) is 5.41 Å². The molecule has 0 aliphatic carbocycles. The van der Waals surface area contributed by atoms with Gasteiger partial charge in [-0.2, -0.15) is 0 Å². The third-order valence-electron chi connectivity index (χ3n) is 1.76. The van der Waals surface area contributed by atoms with Crippen molar-refractivity contribution < 1.29 is 18.7 Å². The van der Waals surface area contributed by atoms with E-state index in [1.54, 1.807) is 0 Å². The molecule has 0 saturated carbocycles. The summed E-state index contributed by atoms with van der Waals surface area (Å²) in [4.78, 5) is 0. The second-order valence-electron chi connectivity index (χ2n) is 2.70. The van der Waals surface area contributed by atoms with Crippen LogP contribution in [-0.2, 0) is 13.6 Å². The van der Waals surface area contributed by atoms with E-state index in [1.807, 2.05) is 0 Å². The molecule has 0 aromatic carbocycles. The Bertz CT molecular complexity index is 118. The molecule has 2 bridgehead atoms. The van der Waals surface area contributed by atoms with Crippen LogP contribution in [0.3, 0.4) is 0 Å². The highest BCUT2D eigenvalue weighted by Crippen LogP contribution is 2.52. The maximum atomic E-state index is 8.93. The Morgan fingerprint density at radius 3 is 2.00 bits per heavy atom. The molecule has 1 N–H and O–H groups in total. The molecule has 4 nitrogen and oxygen atoms in total. The van der Waals surface area contributed by atoms with Crippen LogP contribution in [0.1, 0.15) is 0 Å². The van der Waals surface area contributed by atoms with E-state index in [2.05, 4.69) is 0 Å². The average Bonchev–Trinajstić information content (AvgIpc) is 2.08. The minimum atomic E-state index is -1.05. The number of rotatable bonds is 1. The monoisotopic (exact) mass is 164 g/mol. The summed E-state index contributed by atoms with van der Waals surface area (Å²) >= 11 is 0. The highest BCUT2D eigenvalue weighted by atomic mass is 31.2. The zero-order valence-electron chi connectivity index (χ0n) is 5.45. The van der Waals surface area contributed by atoms with E-state index in [-0.39, 0.29) is 12.0 Å². The Balaban J connectivity index is 2.08. The molecule has 0 amide bonds. The summed E-state index contributed by atoms with van der Waals surface area (Å²) in [5, 5.41) is 8.93. The predicted octanol–water partition coefficient (Wildman–Crippen LogP) is 0.269. The van der Waals surface area contributed by atoms with Crippen molar-refractivity contribution in [1.82, 2.24) is 0 Å². The quantitative estimate of drug-likeness (QED) is 0.565. The van der Waals surface area contributed by atoms with Crippen molar-refractivity contribution in [2.45, 2.75) is 0 Å². The molecule has 5 heteroatoms. The molecule has 0 unspecified atom stereocenters. The van der Waals surface area contributed by atoms with Gasteiger partial charge in [-0.3, -0.25) is 0 Å². The van der Waals surface area contributed by atoms with Crippen molar-refractivity contribution >= 4 is 8.60 Å². The second-order valence-corrected chi connectivity index (χ2v) is 3.92. The third kappa shape index (κ3) is 0.966. The first kappa shape index (κ1) is 6.95. The van der Waals surface area contributed by atoms with Crippen LogP contribution in [0.5, 0.6) is 0 Å². The fraction of sp³-hybridized carbons (Fsp3) is 1.00. The molecule has 0 aromatic rings. The molecule has 3 heterocycles. The lowest BCUT2D eigenvalue weighted by molar-refractivity contribution is -0.0965. The van der Waals surface area contributed by atoms with E-state index in [4.69, 9.17) is 18.7 Å². The van der Waals surface area contributed by atoms with Crippen LogP contribution in [0.15, 0.2) is 0 Å². The van der Waals surface area contributed by atoms with Crippen molar-refractivity contribution in [3.05, 3.63) is 0 Å². The first-order valence-electron chi connectivity index (χ1n) is 3.14. The number of aliphatic hydroxyl groups excluding tert-OH is 1. The summed E-state index contributed by atoms with van der Waals surface area (Å²) in [6.45, 7) is 1.82. The predicted molar refractivity (Wildman–Crippen MR) is 34.3 cm³/mol. The van der Waals surface area contributed by atoms with E-state index in [0.29, 0.717) is 19.8 Å². The molecular weight excluding hydrogens is 155 g/mol. The van der Waals surface area contributed by atoms with E-state index >= 15 is 0 Å². The maximum Gasteiger partial charge on any atom is 0.332 e. The van der Waals surface area contributed by atoms with Crippen molar-refractivity contribution in [3.8, 4) is 0 Å². The van der Waals surface area contributed by atoms with E-state index in [9.17, 15) is 0 Å². The van der Waals surface area contributed by atoms with Crippen LogP contribution in [0.25, 0.3) is 0 Å². The van der Waals surface area contributed by atoms with Gasteiger partial charge in [0.1, 0.15) is 0 Å². The Morgan fingerprint density at radius 1 is 1.20 bits per heavy atom. The number of hydrogen-bond donors (Lipinski definition) is 1. The molecule has 0 spiro atoms. The normalized spacial score (nSPS) is 45.9. The molecule has 3 aliphatic rings. The summed E-state index contributed by atoms with van der Waals surface area (Å²) in [5.41, 5.74) is -0.267. The summed E-state index contributed by atoms with van der Waals surface area (Å²) in [6.07, 6.45) is 0. The number of hydrogen-bond acceptors (Lipinski definition) is 4. The molecule has 0 radical (unpaired) electrons. The van der Waals surface area contributed by atoms with Crippen LogP contribution >= 0.6 is 8.60 Å². The Morgan fingerprint density at radius 2 is 1.70 bits per heavy atom. The maximum absolute atomic E-state index is 8.93. The van der Waals surface area contributed by atoms with Crippen molar-refractivity contribution in [3.63, 3.8) is 0 Å². The highest BCUT2D eigenvalue weighted by molar-refractivity contribution is 7.41. The lowest BCUT2D eigenvalue weighted by Gasteiger charge is -2.42. The number of aliphatic hydroxyl groups is 1. The highest BCUT2D eigenvalue weighted by Gasteiger charge is 2.44.